The van der Waals surface area contributed by atoms with E-state index in [0.717, 1.165) is 5.56 Å². The molecule has 0 aliphatic carbocycles. The zero-order valence-corrected chi connectivity index (χ0v) is 15.6. The summed E-state index contributed by atoms with van der Waals surface area (Å²) in [5.74, 6) is 0.498. The van der Waals surface area contributed by atoms with Crippen LogP contribution in [0.1, 0.15) is 40.4 Å². The zero-order valence-electron chi connectivity index (χ0n) is 15.6. The maximum Gasteiger partial charge on any atom is 0.289 e. The van der Waals surface area contributed by atoms with E-state index in [1.54, 1.807) is 55.6 Å². The molecular weight excluding hydrogens is 359 g/mol. The van der Waals surface area contributed by atoms with Crippen molar-refractivity contribution in [2.45, 2.75) is 19.6 Å². The van der Waals surface area contributed by atoms with Crippen molar-refractivity contribution >= 4 is 5.91 Å². The summed E-state index contributed by atoms with van der Waals surface area (Å²) in [4.78, 5) is 14.2. The molecule has 0 fully saturated rings. The van der Waals surface area contributed by atoms with Crippen molar-refractivity contribution in [3.05, 3.63) is 89.1 Å². The molecule has 1 heterocycles. The standard InChI is InChI=1S/C22H19FN2O3/c1-15(16-7-9-18(23)10-8-16)25(2)22(26)21-12-11-19(28-21)14-27-20-6-4-3-5-17(20)13-24/h3-12,15H,14H2,1-2H3/t15-/m0/s1. The van der Waals surface area contributed by atoms with Crippen molar-refractivity contribution in [3.8, 4) is 11.8 Å². The topological polar surface area (TPSA) is 66.5 Å². The van der Waals surface area contributed by atoms with Crippen LogP contribution in [0.2, 0.25) is 0 Å². The third kappa shape index (κ3) is 4.21. The van der Waals surface area contributed by atoms with Gasteiger partial charge in [0.2, 0.25) is 0 Å². The van der Waals surface area contributed by atoms with Gasteiger partial charge >= 0.3 is 0 Å². The van der Waals surface area contributed by atoms with Crippen molar-refractivity contribution in [3.63, 3.8) is 0 Å². The van der Waals surface area contributed by atoms with Gasteiger partial charge < -0.3 is 14.1 Å². The fraction of sp³-hybridized carbons (Fsp3) is 0.182. The summed E-state index contributed by atoms with van der Waals surface area (Å²) < 4.78 is 24.3. The minimum absolute atomic E-state index is 0.100. The number of hydrogen-bond acceptors (Lipinski definition) is 4. The van der Waals surface area contributed by atoms with E-state index in [2.05, 4.69) is 6.07 Å². The quantitative estimate of drug-likeness (QED) is 0.623. The van der Waals surface area contributed by atoms with Gasteiger partial charge in [-0.05, 0) is 48.9 Å². The van der Waals surface area contributed by atoms with Crippen LogP contribution in [0.5, 0.6) is 5.75 Å². The number of nitriles is 1. The summed E-state index contributed by atoms with van der Waals surface area (Å²) in [6.07, 6.45) is 0. The lowest BCUT2D eigenvalue weighted by atomic mass is 10.1. The number of carbonyl (C=O) groups excluding carboxylic acids is 1. The fourth-order valence-corrected chi connectivity index (χ4v) is 2.72. The molecule has 6 heteroatoms. The maximum absolute atomic E-state index is 13.1. The Hall–Kier alpha value is -3.59. The van der Waals surface area contributed by atoms with Crippen molar-refractivity contribution in [1.29, 1.82) is 5.26 Å². The Morgan fingerprint density at radius 3 is 2.61 bits per heavy atom. The number of halogens is 1. The molecule has 28 heavy (non-hydrogen) atoms. The summed E-state index contributed by atoms with van der Waals surface area (Å²) >= 11 is 0. The molecule has 0 saturated carbocycles. The van der Waals surface area contributed by atoms with E-state index in [1.165, 1.54) is 17.0 Å². The summed E-state index contributed by atoms with van der Waals surface area (Å²) in [7, 11) is 1.66. The highest BCUT2D eigenvalue weighted by Gasteiger charge is 2.22. The fourth-order valence-electron chi connectivity index (χ4n) is 2.72. The number of furan rings is 1. The summed E-state index contributed by atoms with van der Waals surface area (Å²) in [5, 5.41) is 9.09. The van der Waals surface area contributed by atoms with Crippen molar-refractivity contribution < 1.29 is 18.3 Å². The maximum atomic E-state index is 13.1. The molecule has 0 unspecified atom stereocenters. The highest BCUT2D eigenvalue weighted by Crippen LogP contribution is 2.23. The molecule has 2 aromatic carbocycles. The molecule has 5 nitrogen and oxygen atoms in total. The van der Waals surface area contributed by atoms with Crippen LogP contribution >= 0.6 is 0 Å². The molecule has 0 bridgehead atoms. The first kappa shape index (κ1) is 19.2. The zero-order chi connectivity index (χ0) is 20.1. The van der Waals surface area contributed by atoms with E-state index >= 15 is 0 Å². The van der Waals surface area contributed by atoms with Crippen LogP contribution in [0.15, 0.2) is 65.1 Å². The van der Waals surface area contributed by atoms with Gasteiger partial charge in [-0.2, -0.15) is 5.26 Å². The Bertz CT molecular complexity index is 1010. The molecule has 142 valence electrons. The van der Waals surface area contributed by atoms with Crippen LogP contribution in [0.25, 0.3) is 0 Å². The van der Waals surface area contributed by atoms with Crippen molar-refractivity contribution in [2.75, 3.05) is 7.05 Å². The minimum atomic E-state index is -0.321. The summed E-state index contributed by atoms with van der Waals surface area (Å²) in [6, 6.07) is 18.0. The second kappa shape index (κ2) is 8.40. The predicted octanol–water partition coefficient (Wildman–Crippen LogP) is 4.70. The number of amides is 1. The van der Waals surface area contributed by atoms with Crippen molar-refractivity contribution in [2.24, 2.45) is 0 Å². The molecule has 3 aromatic rings. The molecule has 0 radical (unpaired) electrons. The largest absolute Gasteiger partial charge is 0.484 e. The average Bonchev–Trinajstić information content (AvgIpc) is 3.20. The molecule has 0 spiro atoms. The first-order valence-electron chi connectivity index (χ1n) is 8.73. The lowest BCUT2D eigenvalue weighted by Gasteiger charge is -2.24. The van der Waals surface area contributed by atoms with Crippen LogP contribution < -0.4 is 4.74 Å². The van der Waals surface area contributed by atoms with Gasteiger partial charge in [-0.1, -0.05) is 24.3 Å². The average molecular weight is 378 g/mol. The normalized spacial score (nSPS) is 11.5. The van der Waals surface area contributed by atoms with E-state index in [1.807, 2.05) is 6.92 Å². The number of ether oxygens (including phenoxy) is 1. The van der Waals surface area contributed by atoms with Crippen LogP contribution in [0.4, 0.5) is 4.39 Å². The van der Waals surface area contributed by atoms with Crippen LogP contribution in [0.3, 0.4) is 0 Å². The molecular formula is C22H19FN2O3. The van der Waals surface area contributed by atoms with E-state index < -0.39 is 0 Å². The first-order chi connectivity index (χ1) is 13.5. The molecule has 0 saturated heterocycles. The molecule has 1 amide bonds. The lowest BCUT2D eigenvalue weighted by Crippen LogP contribution is -2.29. The number of rotatable bonds is 6. The number of para-hydroxylation sites is 1. The number of benzene rings is 2. The number of hydrogen-bond donors (Lipinski definition) is 0. The van der Waals surface area contributed by atoms with Gasteiger partial charge in [0.05, 0.1) is 11.6 Å². The summed E-state index contributed by atoms with van der Waals surface area (Å²) in [6.45, 7) is 1.96. The van der Waals surface area contributed by atoms with Gasteiger partial charge in [0.15, 0.2) is 5.76 Å². The summed E-state index contributed by atoms with van der Waals surface area (Å²) in [5.41, 5.74) is 1.25. The van der Waals surface area contributed by atoms with Gasteiger partial charge in [-0.3, -0.25) is 4.79 Å². The second-order valence-electron chi connectivity index (χ2n) is 6.31. The molecule has 0 aliphatic rings. The van der Waals surface area contributed by atoms with Gasteiger partial charge in [0.1, 0.15) is 30.0 Å². The molecule has 0 N–H and O–H groups in total. The van der Waals surface area contributed by atoms with E-state index in [-0.39, 0.29) is 30.1 Å². The van der Waals surface area contributed by atoms with Gasteiger partial charge in [0.25, 0.3) is 5.91 Å². The van der Waals surface area contributed by atoms with E-state index in [0.29, 0.717) is 17.1 Å². The monoisotopic (exact) mass is 378 g/mol. The lowest BCUT2D eigenvalue weighted by molar-refractivity contribution is 0.0706. The van der Waals surface area contributed by atoms with Gasteiger partial charge in [-0.25, -0.2) is 4.39 Å². The van der Waals surface area contributed by atoms with Gasteiger partial charge in [0, 0.05) is 7.05 Å². The van der Waals surface area contributed by atoms with Gasteiger partial charge in [-0.15, -0.1) is 0 Å². The van der Waals surface area contributed by atoms with Crippen LogP contribution in [-0.2, 0) is 6.61 Å². The second-order valence-corrected chi connectivity index (χ2v) is 6.31. The molecule has 1 aromatic heterocycles. The number of nitrogens with zero attached hydrogens (tertiary/aromatic N) is 2. The smallest absolute Gasteiger partial charge is 0.289 e. The Morgan fingerprint density at radius 1 is 1.18 bits per heavy atom. The number of carbonyl (C=O) groups is 1. The third-order valence-electron chi connectivity index (χ3n) is 4.50. The van der Waals surface area contributed by atoms with E-state index in [4.69, 9.17) is 14.4 Å². The SMILES string of the molecule is C[C@@H](c1ccc(F)cc1)N(C)C(=O)c1ccc(COc2ccccc2C#N)o1. The molecule has 0 aliphatic heterocycles. The molecule has 3 rings (SSSR count). The first-order valence-corrected chi connectivity index (χ1v) is 8.73. The highest BCUT2D eigenvalue weighted by molar-refractivity contribution is 5.91. The van der Waals surface area contributed by atoms with Crippen molar-refractivity contribution in [1.82, 2.24) is 4.90 Å². The van der Waals surface area contributed by atoms with E-state index in [9.17, 15) is 9.18 Å². The minimum Gasteiger partial charge on any atom is -0.484 e. The van der Waals surface area contributed by atoms with Crippen LogP contribution in [-0.4, -0.2) is 17.9 Å². The highest BCUT2D eigenvalue weighted by atomic mass is 19.1. The third-order valence-corrected chi connectivity index (χ3v) is 4.50. The Balaban J connectivity index is 1.66. The predicted molar refractivity (Wildman–Crippen MR) is 101 cm³/mol. The Morgan fingerprint density at radius 2 is 1.89 bits per heavy atom. The Kier molecular flexibility index (Phi) is 5.75. The molecule has 1 atom stereocenters. The van der Waals surface area contributed by atoms with Crippen LogP contribution in [0, 0.1) is 17.1 Å². The Labute approximate surface area is 162 Å².